The first-order valence-corrected chi connectivity index (χ1v) is 26.9. The third-order valence-electron chi connectivity index (χ3n) is 16.2. The fraction of sp³-hybridized carbons (Fsp3) is 0. The molecule has 14 aromatic rings. The van der Waals surface area contributed by atoms with Crippen molar-refractivity contribution in [3.63, 3.8) is 0 Å². The van der Waals surface area contributed by atoms with Crippen LogP contribution in [-0.4, -0.2) is 39.9 Å². The molecule has 1 aliphatic carbocycles. The van der Waals surface area contributed by atoms with Gasteiger partial charge in [-0.3, -0.25) is 19.9 Å². The van der Waals surface area contributed by atoms with Gasteiger partial charge in [-0.2, -0.15) is 0 Å². The molecule has 370 valence electrons. The molecule has 0 atom stereocenters. The zero-order valence-corrected chi connectivity index (χ0v) is 42.8. The summed E-state index contributed by atoms with van der Waals surface area (Å²) in [5.74, 6) is 0. The third-order valence-corrected chi connectivity index (χ3v) is 16.2. The highest BCUT2D eigenvalue weighted by Crippen LogP contribution is 2.53. The van der Waals surface area contributed by atoms with Crippen LogP contribution in [-0.2, 0) is 0 Å². The molecule has 3 aliphatic rings. The molecule has 0 saturated heterocycles. The first-order valence-electron chi connectivity index (χ1n) is 26.9. The van der Waals surface area contributed by atoms with E-state index in [0.29, 0.717) is 0 Å². The first kappa shape index (κ1) is 44.2. The van der Waals surface area contributed by atoms with Crippen LogP contribution in [0.25, 0.3) is 177 Å². The predicted octanol–water partition coefficient (Wildman–Crippen LogP) is 18.1. The Bertz CT molecular complexity index is 4630. The quantitative estimate of drug-likeness (QED) is 0.182. The highest BCUT2D eigenvalue weighted by Gasteiger charge is 2.32. The monoisotopic (exact) mass is 1020 g/mol. The molecule has 2 aliphatic heterocycles. The van der Waals surface area contributed by atoms with Crippen molar-refractivity contribution in [2.75, 3.05) is 0 Å². The van der Waals surface area contributed by atoms with E-state index in [1.54, 1.807) is 0 Å². The lowest BCUT2D eigenvalue weighted by atomic mass is 9.92. The van der Waals surface area contributed by atoms with Crippen LogP contribution >= 0.6 is 0 Å². The Labute approximate surface area is 457 Å². The number of nitrogens with one attached hydrogen (secondary N) is 2. The summed E-state index contributed by atoms with van der Waals surface area (Å²) in [5.41, 5.74) is 17.1. The summed E-state index contributed by atoms with van der Waals surface area (Å²) < 4.78 is 0. The van der Waals surface area contributed by atoms with Gasteiger partial charge < -0.3 is 9.97 Å². The summed E-state index contributed by atoms with van der Waals surface area (Å²) in [6.45, 7) is 0. The molecule has 0 saturated carbocycles. The minimum absolute atomic E-state index is 0.772. The van der Waals surface area contributed by atoms with Gasteiger partial charge in [0.05, 0.1) is 89.9 Å². The van der Waals surface area contributed by atoms with Crippen molar-refractivity contribution in [1.82, 2.24) is 39.9 Å². The Morgan fingerprint density at radius 2 is 0.438 bits per heavy atom. The van der Waals surface area contributed by atoms with E-state index in [1.807, 2.05) is 49.1 Å². The molecule has 8 heteroatoms. The Balaban J connectivity index is 1.23. The molecule has 0 unspecified atom stereocenters. The maximum atomic E-state index is 6.06. The van der Waals surface area contributed by atoms with Gasteiger partial charge >= 0.3 is 0 Å². The van der Waals surface area contributed by atoms with E-state index in [1.165, 1.54) is 0 Å². The number of benzene rings is 8. The van der Waals surface area contributed by atoms with Crippen molar-refractivity contribution in [2.24, 2.45) is 0 Å². The highest BCUT2D eigenvalue weighted by molar-refractivity contribution is 6.24. The minimum Gasteiger partial charge on any atom is -0.353 e. The zero-order valence-electron chi connectivity index (χ0n) is 42.8. The molecular weight excluding hydrogens is 977 g/mol. The van der Waals surface area contributed by atoms with E-state index in [-0.39, 0.29) is 0 Å². The zero-order chi connectivity index (χ0) is 52.4. The van der Waals surface area contributed by atoms with Crippen LogP contribution in [0.5, 0.6) is 0 Å². The van der Waals surface area contributed by atoms with Crippen LogP contribution in [0.3, 0.4) is 0 Å². The van der Waals surface area contributed by atoms with Gasteiger partial charge in [-0.25, -0.2) is 9.97 Å². The van der Waals surface area contributed by atoms with Gasteiger partial charge in [0, 0.05) is 68.6 Å². The molecule has 8 bridgehead atoms. The van der Waals surface area contributed by atoms with E-state index in [0.717, 1.165) is 177 Å². The highest BCUT2D eigenvalue weighted by atomic mass is 14.8. The van der Waals surface area contributed by atoms with Crippen LogP contribution in [0.15, 0.2) is 243 Å². The Morgan fingerprint density at radius 1 is 0.225 bits per heavy atom. The molecule has 0 radical (unpaired) electrons. The normalized spacial score (nSPS) is 12.0. The SMILES string of the molecule is c1ccc(-c2c3nc(c(-c4ccccn4)c4[nH]c(c(-c5ccccn5)c5nc(c(-c6ccccn6)c6[nH]c2c2cc7ccccc7cc62)-c2cc6ccccc6cc2-5)c2cc5ccccc5cc42)-c2cc4ccccc4cc2-3)nc1. The largest absolute Gasteiger partial charge is 0.353 e. The summed E-state index contributed by atoms with van der Waals surface area (Å²) >= 11 is 0. The topological polar surface area (TPSA) is 109 Å². The Kier molecular flexibility index (Phi) is 9.54. The third kappa shape index (κ3) is 6.69. The van der Waals surface area contributed by atoms with Crippen LogP contribution in [0, 0.1) is 0 Å². The van der Waals surface area contributed by atoms with Crippen LogP contribution in [0.1, 0.15) is 0 Å². The summed E-state index contributed by atoms with van der Waals surface area (Å²) in [5, 5.41) is 12.9. The second-order valence-electron chi connectivity index (χ2n) is 20.7. The Hall–Kier alpha value is -11.0. The van der Waals surface area contributed by atoms with E-state index < -0.39 is 0 Å². The average Bonchev–Trinajstić information content (AvgIpc) is 4.47. The van der Waals surface area contributed by atoms with Gasteiger partial charge in [0.15, 0.2) is 0 Å². The summed E-state index contributed by atoms with van der Waals surface area (Å²) in [6.07, 6.45) is 7.50. The van der Waals surface area contributed by atoms with Gasteiger partial charge in [-0.15, -0.1) is 0 Å². The van der Waals surface area contributed by atoms with Crippen molar-refractivity contribution in [3.8, 4) is 90.1 Å². The summed E-state index contributed by atoms with van der Waals surface area (Å²) in [6, 6.07) is 77.4. The van der Waals surface area contributed by atoms with Gasteiger partial charge in [0.1, 0.15) is 0 Å². The molecule has 80 heavy (non-hydrogen) atoms. The van der Waals surface area contributed by atoms with E-state index in [2.05, 4.69) is 204 Å². The number of H-pyrrole nitrogens is 2. The molecular formula is C72H42N8. The number of pyridine rings is 4. The lowest BCUT2D eigenvalue weighted by Gasteiger charge is -2.10. The molecule has 0 fully saturated rings. The fourth-order valence-corrected chi connectivity index (χ4v) is 12.6. The molecule has 6 aromatic heterocycles. The van der Waals surface area contributed by atoms with Crippen molar-refractivity contribution < 1.29 is 0 Å². The maximum Gasteiger partial charge on any atom is 0.0832 e. The Morgan fingerprint density at radius 3 is 0.650 bits per heavy atom. The first-order chi connectivity index (χ1) is 39.7. The van der Waals surface area contributed by atoms with E-state index >= 15 is 0 Å². The fourth-order valence-electron chi connectivity index (χ4n) is 12.6. The van der Waals surface area contributed by atoms with Crippen LogP contribution < -0.4 is 0 Å². The number of fused-ring (bicyclic) bond motifs is 4. The van der Waals surface area contributed by atoms with Crippen molar-refractivity contribution >= 4 is 86.7 Å². The maximum absolute atomic E-state index is 6.06. The summed E-state index contributed by atoms with van der Waals surface area (Å²) in [4.78, 5) is 41.4. The molecule has 8 aromatic carbocycles. The number of hydrogen-bond acceptors (Lipinski definition) is 6. The van der Waals surface area contributed by atoms with Crippen molar-refractivity contribution in [3.05, 3.63) is 243 Å². The van der Waals surface area contributed by atoms with Crippen LogP contribution in [0.4, 0.5) is 0 Å². The number of aromatic amines is 2. The van der Waals surface area contributed by atoms with Gasteiger partial charge in [0.2, 0.25) is 0 Å². The smallest absolute Gasteiger partial charge is 0.0832 e. The van der Waals surface area contributed by atoms with Gasteiger partial charge in [0.25, 0.3) is 0 Å². The molecule has 0 amide bonds. The number of rotatable bonds is 4. The molecule has 8 nitrogen and oxygen atoms in total. The van der Waals surface area contributed by atoms with E-state index in [9.17, 15) is 0 Å². The van der Waals surface area contributed by atoms with Gasteiger partial charge in [-0.1, -0.05) is 121 Å². The summed E-state index contributed by atoms with van der Waals surface area (Å²) in [7, 11) is 0. The van der Waals surface area contributed by atoms with Crippen molar-refractivity contribution in [1.29, 1.82) is 0 Å². The number of nitrogens with zero attached hydrogens (tertiary/aromatic N) is 6. The lowest BCUT2D eigenvalue weighted by Crippen LogP contribution is -1.90. The minimum atomic E-state index is 0.772. The van der Waals surface area contributed by atoms with Crippen molar-refractivity contribution in [2.45, 2.75) is 0 Å². The molecule has 0 spiro atoms. The standard InChI is InChI=1S/C72H42N8/c1-2-18-42-34-50-49(33-41(42)17-1)65-61(57-25-9-13-29-73-57)67-51-35-43-19-3-4-20-44(43)36-52(51)69(78-67)63(59-27-11-15-31-75-59)71-55-39-47-23-7-8-24-48(47)40-56(55)72(80-71)64(60-28-12-16-32-76-60)70-54-38-46-22-6-5-21-45(46)37-53(54)68(79-70)62(66(50)77-65)58-26-10-14-30-74-58/h1-40,77,80H. The van der Waals surface area contributed by atoms with Crippen LogP contribution in [0.2, 0.25) is 0 Å². The number of hydrogen-bond donors (Lipinski definition) is 2. The lowest BCUT2D eigenvalue weighted by molar-refractivity contribution is 1.30. The molecule has 17 rings (SSSR count). The van der Waals surface area contributed by atoms with Gasteiger partial charge in [-0.05, 0) is 140 Å². The predicted molar refractivity (Wildman–Crippen MR) is 328 cm³/mol. The molecule has 8 heterocycles. The average molecular weight is 1020 g/mol. The second kappa shape index (κ2) is 17.3. The number of aromatic nitrogens is 8. The molecule has 2 N–H and O–H groups in total. The van der Waals surface area contributed by atoms with E-state index in [4.69, 9.17) is 29.9 Å². The second-order valence-corrected chi connectivity index (χ2v) is 20.7.